The molecule has 5 heteroatoms. The number of primary amides is 1. The molecule has 1 aromatic heterocycles. The summed E-state index contributed by atoms with van der Waals surface area (Å²) in [5.41, 5.74) is 6.61. The van der Waals surface area contributed by atoms with Crippen LogP contribution in [0.15, 0.2) is 12.1 Å². The number of rotatable bonds is 1. The van der Waals surface area contributed by atoms with Gasteiger partial charge in [-0.1, -0.05) is 6.07 Å². The molecule has 1 fully saturated rings. The van der Waals surface area contributed by atoms with E-state index in [9.17, 15) is 9.18 Å². The van der Waals surface area contributed by atoms with E-state index in [4.69, 9.17) is 5.73 Å². The summed E-state index contributed by atoms with van der Waals surface area (Å²) < 4.78 is 13.1. The molecule has 0 saturated carbocycles. The molecule has 2 atom stereocenters. The number of pyridine rings is 1. The second-order valence-electron chi connectivity index (χ2n) is 4.50. The summed E-state index contributed by atoms with van der Waals surface area (Å²) >= 11 is 0. The van der Waals surface area contributed by atoms with E-state index in [0.29, 0.717) is 12.1 Å². The van der Waals surface area contributed by atoms with Crippen molar-refractivity contribution in [1.29, 1.82) is 0 Å². The number of aromatic nitrogens is 1. The second-order valence-corrected chi connectivity index (χ2v) is 4.50. The summed E-state index contributed by atoms with van der Waals surface area (Å²) in [4.78, 5) is 15.2. The second kappa shape index (κ2) is 3.01. The Hall–Kier alpha value is -1.49. The minimum atomic E-state index is -0.503. The maximum Gasteiger partial charge on any atom is 0.225 e. The molecule has 1 saturated heterocycles. The molecule has 3 N–H and O–H groups in total. The topological polar surface area (TPSA) is 77.9 Å². The first-order chi connectivity index (χ1) is 7.62. The van der Waals surface area contributed by atoms with Gasteiger partial charge >= 0.3 is 0 Å². The van der Waals surface area contributed by atoms with Gasteiger partial charge in [0, 0.05) is 6.54 Å². The highest BCUT2D eigenvalue weighted by Gasteiger charge is 2.50. The van der Waals surface area contributed by atoms with Gasteiger partial charge in [0.15, 0.2) is 0 Å². The SMILES string of the molecule is NC(=O)C1CCC2(CN2)c2nc(F)ccc21. The number of fused-ring (bicyclic) bond motifs is 2. The monoisotopic (exact) mass is 221 g/mol. The van der Waals surface area contributed by atoms with Gasteiger partial charge in [-0.05, 0) is 24.5 Å². The van der Waals surface area contributed by atoms with Crippen molar-refractivity contribution in [3.8, 4) is 0 Å². The smallest absolute Gasteiger partial charge is 0.225 e. The molecule has 2 heterocycles. The normalized spacial score (nSPS) is 31.2. The Morgan fingerprint density at radius 1 is 1.62 bits per heavy atom. The highest BCUT2D eigenvalue weighted by molar-refractivity contribution is 5.82. The fourth-order valence-corrected chi connectivity index (χ4v) is 2.52. The third kappa shape index (κ3) is 1.24. The zero-order valence-corrected chi connectivity index (χ0v) is 8.66. The number of nitrogens with one attached hydrogen (secondary N) is 1. The van der Waals surface area contributed by atoms with Crippen LogP contribution in [0.25, 0.3) is 0 Å². The predicted molar refractivity (Wildman–Crippen MR) is 55.0 cm³/mol. The van der Waals surface area contributed by atoms with E-state index in [-0.39, 0.29) is 17.4 Å². The summed E-state index contributed by atoms with van der Waals surface area (Å²) in [6.45, 7) is 0.807. The largest absolute Gasteiger partial charge is 0.369 e. The number of carbonyl (C=O) groups excluding carboxylic acids is 1. The van der Waals surface area contributed by atoms with Crippen LogP contribution in [0, 0.1) is 5.95 Å². The first-order valence-electron chi connectivity index (χ1n) is 5.34. The maximum atomic E-state index is 13.1. The van der Waals surface area contributed by atoms with E-state index < -0.39 is 5.95 Å². The summed E-state index contributed by atoms with van der Waals surface area (Å²) in [5, 5.41) is 3.21. The summed E-state index contributed by atoms with van der Waals surface area (Å²) in [6, 6.07) is 2.92. The van der Waals surface area contributed by atoms with Gasteiger partial charge in [0.05, 0.1) is 17.2 Å². The molecule has 4 nitrogen and oxygen atoms in total. The Morgan fingerprint density at radius 2 is 2.38 bits per heavy atom. The molecule has 0 bridgehead atoms. The summed E-state index contributed by atoms with van der Waals surface area (Å²) in [5.74, 6) is -1.18. The first kappa shape index (κ1) is 9.72. The van der Waals surface area contributed by atoms with Crippen LogP contribution in [0.3, 0.4) is 0 Å². The standard InChI is InChI=1S/C11H12FN3O/c12-8-2-1-6-7(10(13)16)3-4-11(5-14-11)9(6)15-8/h1-2,7,14H,3-5H2,(H2,13,16). The summed E-state index contributed by atoms with van der Waals surface area (Å²) in [7, 11) is 0. The van der Waals surface area contributed by atoms with Crippen LogP contribution in [0.5, 0.6) is 0 Å². The predicted octanol–water partition coefficient (Wildman–Crippen LogP) is 0.382. The van der Waals surface area contributed by atoms with Gasteiger partial charge in [0.1, 0.15) is 0 Å². The van der Waals surface area contributed by atoms with E-state index in [0.717, 1.165) is 18.5 Å². The first-order valence-corrected chi connectivity index (χ1v) is 5.34. The van der Waals surface area contributed by atoms with Crippen LogP contribution in [0.4, 0.5) is 4.39 Å². The van der Waals surface area contributed by atoms with E-state index in [1.54, 1.807) is 6.07 Å². The van der Waals surface area contributed by atoms with E-state index >= 15 is 0 Å². The van der Waals surface area contributed by atoms with Gasteiger partial charge in [-0.2, -0.15) is 4.39 Å². The van der Waals surface area contributed by atoms with Crippen molar-refractivity contribution in [3.63, 3.8) is 0 Å². The van der Waals surface area contributed by atoms with E-state index in [1.807, 2.05) is 0 Å². The number of nitrogens with zero attached hydrogens (tertiary/aromatic N) is 1. The quantitative estimate of drug-likeness (QED) is 0.531. The number of nitrogens with two attached hydrogens (primary N) is 1. The van der Waals surface area contributed by atoms with Gasteiger partial charge in [-0.25, -0.2) is 4.98 Å². The van der Waals surface area contributed by atoms with Crippen molar-refractivity contribution in [2.24, 2.45) is 5.73 Å². The molecule has 1 spiro atoms. The Kier molecular flexibility index (Phi) is 1.83. The molecular weight excluding hydrogens is 209 g/mol. The summed E-state index contributed by atoms with van der Waals surface area (Å²) in [6.07, 6.45) is 1.51. The fraction of sp³-hybridized carbons (Fsp3) is 0.455. The molecule has 3 rings (SSSR count). The third-order valence-electron chi connectivity index (χ3n) is 3.53. The molecule has 1 aromatic rings. The maximum absolute atomic E-state index is 13.1. The van der Waals surface area contributed by atoms with Crippen molar-refractivity contribution < 1.29 is 9.18 Å². The number of hydrogen-bond donors (Lipinski definition) is 2. The number of carbonyl (C=O) groups is 1. The molecular formula is C11H12FN3O. The Labute approximate surface area is 92.0 Å². The minimum Gasteiger partial charge on any atom is -0.369 e. The lowest BCUT2D eigenvalue weighted by Crippen LogP contribution is -2.32. The van der Waals surface area contributed by atoms with Crippen LogP contribution in [-0.4, -0.2) is 17.4 Å². The molecule has 16 heavy (non-hydrogen) atoms. The molecule has 1 aliphatic heterocycles. The lowest BCUT2D eigenvalue weighted by Gasteiger charge is -2.27. The Balaban J connectivity index is 2.14. The van der Waals surface area contributed by atoms with Crippen LogP contribution in [0.1, 0.15) is 30.0 Å². The number of amides is 1. The highest BCUT2D eigenvalue weighted by atomic mass is 19.1. The van der Waals surface area contributed by atoms with Crippen LogP contribution in [0.2, 0.25) is 0 Å². The molecule has 0 radical (unpaired) electrons. The van der Waals surface area contributed by atoms with Gasteiger partial charge in [-0.15, -0.1) is 0 Å². The van der Waals surface area contributed by atoms with Gasteiger partial charge in [-0.3, -0.25) is 4.79 Å². The van der Waals surface area contributed by atoms with Gasteiger partial charge < -0.3 is 11.1 Å². The average Bonchev–Trinajstić information content (AvgIpc) is 3.00. The van der Waals surface area contributed by atoms with Crippen LogP contribution in [-0.2, 0) is 10.3 Å². The lowest BCUT2D eigenvalue weighted by molar-refractivity contribution is -0.119. The van der Waals surface area contributed by atoms with E-state index in [2.05, 4.69) is 10.3 Å². The number of hydrogen-bond acceptors (Lipinski definition) is 3. The molecule has 1 aliphatic carbocycles. The Morgan fingerprint density at radius 3 is 3.00 bits per heavy atom. The van der Waals surface area contributed by atoms with Crippen LogP contribution >= 0.6 is 0 Å². The molecule has 2 unspecified atom stereocenters. The molecule has 0 aromatic carbocycles. The minimum absolute atomic E-state index is 0.191. The lowest BCUT2D eigenvalue weighted by atomic mass is 9.79. The average molecular weight is 221 g/mol. The van der Waals surface area contributed by atoms with Gasteiger partial charge in [0.2, 0.25) is 11.9 Å². The molecule has 1 amide bonds. The van der Waals surface area contributed by atoms with Gasteiger partial charge in [0.25, 0.3) is 0 Å². The van der Waals surface area contributed by atoms with E-state index in [1.165, 1.54) is 6.07 Å². The zero-order chi connectivity index (χ0) is 11.3. The zero-order valence-electron chi connectivity index (χ0n) is 8.66. The highest BCUT2D eigenvalue weighted by Crippen LogP contribution is 2.45. The van der Waals surface area contributed by atoms with Crippen molar-refractivity contribution in [2.45, 2.75) is 24.3 Å². The molecule has 84 valence electrons. The number of halogens is 1. The third-order valence-corrected chi connectivity index (χ3v) is 3.53. The van der Waals surface area contributed by atoms with Crippen molar-refractivity contribution in [1.82, 2.24) is 10.3 Å². The van der Waals surface area contributed by atoms with Crippen molar-refractivity contribution in [2.75, 3.05) is 6.54 Å². The van der Waals surface area contributed by atoms with Crippen molar-refractivity contribution >= 4 is 5.91 Å². The molecule has 2 aliphatic rings. The van der Waals surface area contributed by atoms with Crippen LogP contribution < -0.4 is 11.1 Å². The van der Waals surface area contributed by atoms with Crippen molar-refractivity contribution in [3.05, 3.63) is 29.3 Å². The fourth-order valence-electron chi connectivity index (χ4n) is 2.52. The Bertz CT molecular complexity index is 470.